The summed E-state index contributed by atoms with van der Waals surface area (Å²) >= 11 is 0. The van der Waals surface area contributed by atoms with Crippen LogP contribution in [-0.4, -0.2) is 24.3 Å². The van der Waals surface area contributed by atoms with Crippen molar-refractivity contribution in [1.29, 1.82) is 0 Å². The molecule has 2 unspecified atom stereocenters. The minimum Gasteiger partial charge on any atom is -0.391 e. The average molecular weight is 167 g/mol. The van der Waals surface area contributed by atoms with Gasteiger partial charge in [0, 0.05) is 13.1 Å². The van der Waals surface area contributed by atoms with E-state index in [4.69, 9.17) is 0 Å². The third-order valence-corrected chi connectivity index (χ3v) is 3.05. The highest BCUT2D eigenvalue weighted by Crippen LogP contribution is 2.27. The molecule has 2 atom stereocenters. The standard InChI is InChI=1S/C10H17NO/c12-10-7-11-6-9(10)5-8-3-1-2-4-8/h1-2,8-12H,3-7H2. The van der Waals surface area contributed by atoms with Crippen molar-refractivity contribution < 1.29 is 5.11 Å². The zero-order valence-corrected chi connectivity index (χ0v) is 7.37. The predicted octanol–water partition coefficient (Wildman–Crippen LogP) is 0.923. The van der Waals surface area contributed by atoms with Crippen molar-refractivity contribution in [3.63, 3.8) is 0 Å². The number of hydrogen-bond donors (Lipinski definition) is 2. The molecule has 1 aliphatic carbocycles. The van der Waals surface area contributed by atoms with Crippen LogP contribution in [0.3, 0.4) is 0 Å². The minimum absolute atomic E-state index is 0.0920. The van der Waals surface area contributed by atoms with E-state index in [2.05, 4.69) is 17.5 Å². The molecule has 1 heterocycles. The number of hydrogen-bond acceptors (Lipinski definition) is 2. The van der Waals surface area contributed by atoms with Gasteiger partial charge in [0.1, 0.15) is 0 Å². The Bertz CT molecular complexity index is 171. The van der Waals surface area contributed by atoms with E-state index in [0.29, 0.717) is 5.92 Å². The summed E-state index contributed by atoms with van der Waals surface area (Å²) in [6.07, 6.45) is 8.08. The highest BCUT2D eigenvalue weighted by molar-refractivity contribution is 4.96. The monoisotopic (exact) mass is 167 g/mol. The minimum atomic E-state index is -0.0920. The van der Waals surface area contributed by atoms with E-state index in [1.807, 2.05) is 0 Å². The second-order valence-electron chi connectivity index (χ2n) is 4.03. The van der Waals surface area contributed by atoms with E-state index in [-0.39, 0.29) is 6.10 Å². The lowest BCUT2D eigenvalue weighted by molar-refractivity contribution is 0.133. The van der Waals surface area contributed by atoms with Gasteiger partial charge in [-0.15, -0.1) is 0 Å². The Morgan fingerprint density at radius 1 is 1.25 bits per heavy atom. The van der Waals surface area contributed by atoms with Crippen molar-refractivity contribution >= 4 is 0 Å². The number of rotatable bonds is 2. The van der Waals surface area contributed by atoms with E-state index >= 15 is 0 Å². The number of aliphatic hydroxyl groups is 1. The molecule has 12 heavy (non-hydrogen) atoms. The molecule has 0 radical (unpaired) electrons. The summed E-state index contributed by atoms with van der Waals surface area (Å²) in [6.45, 7) is 1.81. The smallest absolute Gasteiger partial charge is 0.0704 e. The van der Waals surface area contributed by atoms with Gasteiger partial charge in [0.15, 0.2) is 0 Å². The van der Waals surface area contributed by atoms with Gasteiger partial charge in [-0.2, -0.15) is 0 Å². The summed E-state index contributed by atoms with van der Waals surface area (Å²) in [5.74, 6) is 1.32. The molecule has 68 valence electrons. The maximum absolute atomic E-state index is 9.57. The first-order valence-corrected chi connectivity index (χ1v) is 4.90. The molecule has 0 spiro atoms. The van der Waals surface area contributed by atoms with Crippen molar-refractivity contribution in [1.82, 2.24) is 5.32 Å². The van der Waals surface area contributed by atoms with Gasteiger partial charge in [0.2, 0.25) is 0 Å². The van der Waals surface area contributed by atoms with Gasteiger partial charge in [-0.1, -0.05) is 12.2 Å². The topological polar surface area (TPSA) is 32.3 Å². The van der Waals surface area contributed by atoms with Crippen LogP contribution in [0.1, 0.15) is 19.3 Å². The number of nitrogens with one attached hydrogen (secondary N) is 1. The van der Waals surface area contributed by atoms with Gasteiger partial charge in [-0.25, -0.2) is 0 Å². The third-order valence-electron chi connectivity index (χ3n) is 3.05. The van der Waals surface area contributed by atoms with Crippen molar-refractivity contribution in [2.24, 2.45) is 11.8 Å². The maximum atomic E-state index is 9.57. The number of β-amino-alcohol motifs (C(OH)–C–C–N with tert-alkyl or cyclic N) is 1. The molecule has 0 aromatic carbocycles. The second kappa shape index (κ2) is 3.58. The van der Waals surface area contributed by atoms with Crippen LogP contribution in [-0.2, 0) is 0 Å². The number of allylic oxidation sites excluding steroid dienone is 2. The largest absolute Gasteiger partial charge is 0.391 e. The molecule has 2 heteroatoms. The van der Waals surface area contributed by atoms with Gasteiger partial charge >= 0.3 is 0 Å². The van der Waals surface area contributed by atoms with Gasteiger partial charge < -0.3 is 10.4 Å². The fourth-order valence-corrected chi connectivity index (χ4v) is 2.25. The Labute approximate surface area is 73.7 Å². The zero-order valence-electron chi connectivity index (χ0n) is 7.37. The Morgan fingerprint density at radius 2 is 2.00 bits per heavy atom. The van der Waals surface area contributed by atoms with E-state index < -0.39 is 0 Å². The molecule has 2 rings (SSSR count). The quantitative estimate of drug-likeness (QED) is 0.599. The first-order valence-electron chi connectivity index (χ1n) is 4.90. The normalized spacial score (nSPS) is 36.4. The molecule has 1 fully saturated rings. The fourth-order valence-electron chi connectivity index (χ4n) is 2.25. The van der Waals surface area contributed by atoms with Crippen molar-refractivity contribution in [2.75, 3.05) is 13.1 Å². The molecular weight excluding hydrogens is 150 g/mol. The Kier molecular flexibility index (Phi) is 2.47. The second-order valence-corrected chi connectivity index (χ2v) is 4.03. The van der Waals surface area contributed by atoms with E-state index in [1.165, 1.54) is 19.3 Å². The van der Waals surface area contributed by atoms with Crippen LogP contribution in [0, 0.1) is 11.8 Å². The Balaban J connectivity index is 1.78. The molecule has 0 bridgehead atoms. The molecule has 2 N–H and O–H groups in total. The molecule has 0 amide bonds. The molecule has 0 aromatic rings. The molecular formula is C10H17NO. The zero-order chi connectivity index (χ0) is 8.39. The molecule has 2 nitrogen and oxygen atoms in total. The molecule has 1 saturated heterocycles. The van der Waals surface area contributed by atoms with Crippen molar-refractivity contribution in [2.45, 2.75) is 25.4 Å². The third kappa shape index (κ3) is 1.70. The van der Waals surface area contributed by atoms with Crippen LogP contribution in [0.25, 0.3) is 0 Å². The highest BCUT2D eigenvalue weighted by atomic mass is 16.3. The van der Waals surface area contributed by atoms with Crippen molar-refractivity contribution in [3.05, 3.63) is 12.2 Å². The van der Waals surface area contributed by atoms with Crippen LogP contribution < -0.4 is 5.32 Å². The SMILES string of the molecule is OC1CNCC1CC1CC=CC1. The van der Waals surface area contributed by atoms with Crippen LogP contribution in [0.2, 0.25) is 0 Å². The Morgan fingerprint density at radius 3 is 2.58 bits per heavy atom. The van der Waals surface area contributed by atoms with Gasteiger partial charge in [0.25, 0.3) is 0 Å². The lowest BCUT2D eigenvalue weighted by Crippen LogP contribution is -2.20. The summed E-state index contributed by atoms with van der Waals surface area (Å²) in [5.41, 5.74) is 0. The van der Waals surface area contributed by atoms with Crippen LogP contribution >= 0.6 is 0 Å². The van der Waals surface area contributed by atoms with Crippen LogP contribution in [0.15, 0.2) is 12.2 Å². The average Bonchev–Trinajstić information content (AvgIpc) is 2.65. The summed E-state index contributed by atoms with van der Waals surface area (Å²) < 4.78 is 0. The van der Waals surface area contributed by atoms with E-state index in [9.17, 15) is 5.11 Å². The van der Waals surface area contributed by atoms with Gasteiger partial charge in [0.05, 0.1) is 6.10 Å². The Hall–Kier alpha value is -0.340. The lowest BCUT2D eigenvalue weighted by Gasteiger charge is -2.17. The highest BCUT2D eigenvalue weighted by Gasteiger charge is 2.27. The molecule has 0 saturated carbocycles. The van der Waals surface area contributed by atoms with Crippen LogP contribution in [0.4, 0.5) is 0 Å². The predicted molar refractivity (Wildman–Crippen MR) is 48.8 cm³/mol. The van der Waals surface area contributed by atoms with E-state index in [0.717, 1.165) is 19.0 Å². The van der Waals surface area contributed by atoms with Gasteiger partial charge in [-0.05, 0) is 31.1 Å². The summed E-state index contributed by atoms with van der Waals surface area (Å²) in [6, 6.07) is 0. The maximum Gasteiger partial charge on any atom is 0.0704 e. The summed E-state index contributed by atoms with van der Waals surface area (Å²) in [7, 11) is 0. The van der Waals surface area contributed by atoms with Crippen molar-refractivity contribution in [3.8, 4) is 0 Å². The van der Waals surface area contributed by atoms with E-state index in [1.54, 1.807) is 0 Å². The first-order chi connectivity index (χ1) is 5.86. The summed E-state index contributed by atoms with van der Waals surface area (Å²) in [4.78, 5) is 0. The first kappa shape index (κ1) is 8.27. The number of aliphatic hydroxyl groups excluding tert-OH is 1. The van der Waals surface area contributed by atoms with Crippen LogP contribution in [0.5, 0.6) is 0 Å². The fraction of sp³-hybridized carbons (Fsp3) is 0.800. The summed E-state index contributed by atoms with van der Waals surface area (Å²) in [5, 5.41) is 12.8. The lowest BCUT2D eigenvalue weighted by atomic mass is 9.91. The molecule has 2 aliphatic rings. The molecule has 0 aromatic heterocycles. The molecule has 1 aliphatic heterocycles. The van der Waals surface area contributed by atoms with Gasteiger partial charge in [-0.3, -0.25) is 0 Å².